The van der Waals surface area contributed by atoms with Gasteiger partial charge in [0.2, 0.25) is 0 Å². The zero-order chi connectivity index (χ0) is 10.8. The van der Waals surface area contributed by atoms with Crippen LogP contribution in [0.15, 0.2) is 16.7 Å². The molecular formula is C11H14ClNO2. The molecule has 1 aromatic heterocycles. The number of hydrogen-bond acceptors (Lipinski definition) is 2. The number of hydrogen-bond donors (Lipinski definition) is 0. The molecule has 0 spiro atoms. The standard InChI is InChI=1S/C11H14ClNO2/c1-8-4-7-15-10(8)11(14)13(6-5-12)9-2-3-9/h4,7,9H,2-3,5-6H2,1H3. The highest BCUT2D eigenvalue weighted by molar-refractivity contribution is 6.18. The fourth-order valence-corrected chi connectivity index (χ4v) is 1.83. The Morgan fingerprint density at radius 2 is 2.40 bits per heavy atom. The van der Waals surface area contributed by atoms with Crippen LogP contribution < -0.4 is 0 Å². The number of carbonyl (C=O) groups is 1. The highest BCUT2D eigenvalue weighted by Gasteiger charge is 2.34. The second-order valence-electron chi connectivity index (χ2n) is 3.85. The van der Waals surface area contributed by atoms with Crippen molar-refractivity contribution in [2.24, 2.45) is 0 Å². The van der Waals surface area contributed by atoms with Crippen LogP contribution in [0.2, 0.25) is 0 Å². The van der Waals surface area contributed by atoms with Crippen LogP contribution in [0.4, 0.5) is 0 Å². The summed E-state index contributed by atoms with van der Waals surface area (Å²) >= 11 is 5.69. The molecule has 0 aromatic carbocycles. The van der Waals surface area contributed by atoms with Crippen molar-refractivity contribution < 1.29 is 9.21 Å². The Morgan fingerprint density at radius 1 is 1.67 bits per heavy atom. The Kier molecular flexibility index (Phi) is 3.00. The van der Waals surface area contributed by atoms with Gasteiger partial charge in [-0.2, -0.15) is 0 Å². The number of carbonyl (C=O) groups excluding carboxylic acids is 1. The van der Waals surface area contributed by atoms with Crippen molar-refractivity contribution in [3.05, 3.63) is 23.7 Å². The van der Waals surface area contributed by atoms with Crippen molar-refractivity contribution in [3.8, 4) is 0 Å². The van der Waals surface area contributed by atoms with Crippen LogP contribution in [0.25, 0.3) is 0 Å². The molecule has 0 saturated heterocycles. The Hall–Kier alpha value is -0.960. The third-order valence-corrected chi connectivity index (χ3v) is 2.80. The van der Waals surface area contributed by atoms with Gasteiger partial charge < -0.3 is 9.32 Å². The summed E-state index contributed by atoms with van der Waals surface area (Å²) in [6.07, 6.45) is 3.72. The Bertz CT molecular complexity index is 357. The lowest BCUT2D eigenvalue weighted by Crippen LogP contribution is -2.34. The van der Waals surface area contributed by atoms with E-state index in [2.05, 4.69) is 0 Å². The molecule has 1 heterocycles. The van der Waals surface area contributed by atoms with E-state index in [0.717, 1.165) is 18.4 Å². The Morgan fingerprint density at radius 3 is 2.87 bits per heavy atom. The SMILES string of the molecule is Cc1ccoc1C(=O)N(CCCl)C1CC1. The second kappa shape index (κ2) is 4.27. The van der Waals surface area contributed by atoms with Crippen LogP contribution in [0.3, 0.4) is 0 Å². The van der Waals surface area contributed by atoms with Gasteiger partial charge in [0.1, 0.15) is 0 Å². The minimum absolute atomic E-state index is 0.0272. The number of furan rings is 1. The number of rotatable bonds is 4. The molecule has 0 bridgehead atoms. The molecule has 3 nitrogen and oxygen atoms in total. The average Bonchev–Trinajstić information content (AvgIpc) is 2.97. The molecule has 1 fully saturated rings. The van der Waals surface area contributed by atoms with Crippen LogP contribution in [0.5, 0.6) is 0 Å². The third kappa shape index (κ3) is 2.17. The number of alkyl halides is 1. The molecule has 1 amide bonds. The summed E-state index contributed by atoms with van der Waals surface area (Å²) < 4.78 is 5.20. The topological polar surface area (TPSA) is 33.5 Å². The van der Waals surface area contributed by atoms with Crippen LogP contribution >= 0.6 is 11.6 Å². The van der Waals surface area contributed by atoms with Gasteiger partial charge in [-0.25, -0.2) is 0 Å². The number of nitrogens with zero attached hydrogens (tertiary/aromatic N) is 1. The van der Waals surface area contributed by atoms with Gasteiger partial charge in [-0.3, -0.25) is 4.79 Å². The first-order valence-corrected chi connectivity index (χ1v) is 5.68. The first kappa shape index (κ1) is 10.6. The van der Waals surface area contributed by atoms with E-state index >= 15 is 0 Å². The van der Waals surface area contributed by atoms with Crippen molar-refractivity contribution in [1.82, 2.24) is 4.90 Å². The van der Waals surface area contributed by atoms with E-state index < -0.39 is 0 Å². The second-order valence-corrected chi connectivity index (χ2v) is 4.23. The van der Waals surface area contributed by atoms with Crippen molar-refractivity contribution in [3.63, 3.8) is 0 Å². The number of aryl methyl sites for hydroxylation is 1. The molecule has 4 heteroatoms. The predicted octanol–water partition coefficient (Wildman–Crippen LogP) is 2.43. The molecule has 0 aliphatic heterocycles. The van der Waals surface area contributed by atoms with Gasteiger partial charge in [-0.05, 0) is 25.8 Å². The smallest absolute Gasteiger partial charge is 0.290 e. The van der Waals surface area contributed by atoms with E-state index in [9.17, 15) is 4.79 Å². The van der Waals surface area contributed by atoms with E-state index in [1.54, 1.807) is 12.3 Å². The molecule has 0 unspecified atom stereocenters. The molecule has 15 heavy (non-hydrogen) atoms. The molecule has 1 saturated carbocycles. The van der Waals surface area contributed by atoms with Crippen LogP contribution in [0.1, 0.15) is 29.0 Å². The van der Waals surface area contributed by atoms with Crippen molar-refractivity contribution in [2.75, 3.05) is 12.4 Å². The van der Waals surface area contributed by atoms with Crippen LogP contribution in [-0.2, 0) is 0 Å². The molecule has 0 atom stereocenters. The summed E-state index contributed by atoms with van der Waals surface area (Å²) in [5.41, 5.74) is 0.889. The Labute approximate surface area is 94.0 Å². The van der Waals surface area contributed by atoms with E-state index in [1.807, 2.05) is 11.8 Å². The van der Waals surface area contributed by atoms with Gasteiger partial charge in [0.15, 0.2) is 5.76 Å². The average molecular weight is 228 g/mol. The molecule has 1 aliphatic carbocycles. The predicted molar refractivity (Wildman–Crippen MR) is 58.2 cm³/mol. The molecule has 82 valence electrons. The molecule has 1 aliphatic rings. The summed E-state index contributed by atoms with van der Waals surface area (Å²) in [7, 11) is 0. The van der Waals surface area contributed by atoms with Gasteiger partial charge in [0.05, 0.1) is 6.26 Å². The largest absolute Gasteiger partial charge is 0.459 e. The quantitative estimate of drug-likeness (QED) is 0.741. The van der Waals surface area contributed by atoms with Crippen molar-refractivity contribution in [2.45, 2.75) is 25.8 Å². The van der Waals surface area contributed by atoms with Crippen molar-refractivity contribution >= 4 is 17.5 Å². The highest BCUT2D eigenvalue weighted by atomic mass is 35.5. The molecular weight excluding hydrogens is 214 g/mol. The number of halogens is 1. The van der Waals surface area contributed by atoms with E-state index in [4.69, 9.17) is 16.0 Å². The van der Waals surface area contributed by atoms with E-state index in [0.29, 0.717) is 24.2 Å². The highest BCUT2D eigenvalue weighted by Crippen LogP contribution is 2.28. The molecule has 0 radical (unpaired) electrons. The van der Waals surface area contributed by atoms with Gasteiger partial charge in [0.25, 0.3) is 5.91 Å². The van der Waals surface area contributed by atoms with E-state index in [-0.39, 0.29) is 5.91 Å². The lowest BCUT2D eigenvalue weighted by molar-refractivity contribution is 0.0720. The van der Waals surface area contributed by atoms with Gasteiger partial charge in [-0.1, -0.05) is 0 Å². The Balaban J connectivity index is 2.14. The van der Waals surface area contributed by atoms with E-state index in [1.165, 1.54) is 0 Å². The van der Waals surface area contributed by atoms with Gasteiger partial charge >= 0.3 is 0 Å². The lowest BCUT2D eigenvalue weighted by atomic mass is 10.2. The zero-order valence-electron chi connectivity index (χ0n) is 8.70. The van der Waals surface area contributed by atoms with Gasteiger partial charge in [0, 0.05) is 24.0 Å². The van der Waals surface area contributed by atoms with Crippen LogP contribution in [0, 0.1) is 6.92 Å². The molecule has 0 N–H and O–H groups in total. The summed E-state index contributed by atoms with van der Waals surface area (Å²) in [5, 5.41) is 0. The minimum atomic E-state index is -0.0272. The fourth-order valence-electron chi connectivity index (χ4n) is 1.65. The monoisotopic (exact) mass is 227 g/mol. The van der Waals surface area contributed by atoms with Gasteiger partial charge in [-0.15, -0.1) is 11.6 Å². The minimum Gasteiger partial charge on any atom is -0.459 e. The third-order valence-electron chi connectivity index (χ3n) is 2.63. The summed E-state index contributed by atoms with van der Waals surface area (Å²) in [6, 6.07) is 2.18. The maximum absolute atomic E-state index is 12.1. The zero-order valence-corrected chi connectivity index (χ0v) is 9.46. The maximum Gasteiger partial charge on any atom is 0.290 e. The lowest BCUT2D eigenvalue weighted by Gasteiger charge is -2.20. The first-order valence-electron chi connectivity index (χ1n) is 5.15. The van der Waals surface area contributed by atoms with Crippen LogP contribution in [-0.4, -0.2) is 29.3 Å². The summed E-state index contributed by atoms with van der Waals surface area (Å²) in [6.45, 7) is 2.48. The summed E-state index contributed by atoms with van der Waals surface area (Å²) in [4.78, 5) is 13.9. The summed E-state index contributed by atoms with van der Waals surface area (Å²) in [5.74, 6) is 0.898. The normalized spacial score (nSPS) is 15.3. The molecule has 2 rings (SSSR count). The van der Waals surface area contributed by atoms with Crippen molar-refractivity contribution in [1.29, 1.82) is 0 Å². The maximum atomic E-state index is 12.1. The molecule has 1 aromatic rings. The fraction of sp³-hybridized carbons (Fsp3) is 0.545. The first-order chi connectivity index (χ1) is 7.24. The number of amides is 1.